The van der Waals surface area contributed by atoms with E-state index in [-0.39, 0.29) is 19.0 Å². The van der Waals surface area contributed by atoms with Crippen LogP contribution in [0.25, 0.3) is 0 Å². The van der Waals surface area contributed by atoms with E-state index in [0.29, 0.717) is 22.0 Å². The second-order valence-electron chi connectivity index (χ2n) is 6.83. The Labute approximate surface area is 165 Å². The van der Waals surface area contributed by atoms with Crippen molar-refractivity contribution in [3.05, 3.63) is 40.3 Å². The topological polar surface area (TPSA) is 128 Å². The molecule has 1 aliphatic heterocycles. The SMILES string of the molecule is NC(=O)c1c(NC(=O)CN2CC(C(N)=O)Oc3ccccc32)sc2c1CCC2. The van der Waals surface area contributed by atoms with Gasteiger partial charge in [0.1, 0.15) is 10.8 Å². The van der Waals surface area contributed by atoms with Crippen molar-refractivity contribution in [1.29, 1.82) is 0 Å². The van der Waals surface area contributed by atoms with Gasteiger partial charge in [-0.15, -0.1) is 11.3 Å². The highest BCUT2D eigenvalue weighted by atomic mass is 32.1. The summed E-state index contributed by atoms with van der Waals surface area (Å²) in [5.74, 6) is -0.925. The number of fused-ring (bicyclic) bond motifs is 2. The molecule has 0 radical (unpaired) electrons. The van der Waals surface area contributed by atoms with Crippen LogP contribution in [0.5, 0.6) is 5.75 Å². The van der Waals surface area contributed by atoms with E-state index in [1.807, 2.05) is 12.1 Å². The first-order valence-electron chi connectivity index (χ1n) is 8.98. The van der Waals surface area contributed by atoms with E-state index in [1.54, 1.807) is 17.0 Å². The number of ether oxygens (including phenoxy) is 1. The summed E-state index contributed by atoms with van der Waals surface area (Å²) < 4.78 is 5.61. The molecule has 146 valence electrons. The van der Waals surface area contributed by atoms with Gasteiger partial charge in [-0.05, 0) is 37.0 Å². The van der Waals surface area contributed by atoms with Crippen LogP contribution < -0.4 is 26.4 Å². The Balaban J connectivity index is 1.54. The van der Waals surface area contributed by atoms with E-state index in [4.69, 9.17) is 16.2 Å². The molecule has 9 heteroatoms. The molecule has 2 aliphatic rings. The number of para-hydroxylation sites is 2. The number of thiophene rings is 1. The predicted octanol–water partition coefficient (Wildman–Crippen LogP) is 1.03. The fourth-order valence-electron chi connectivity index (χ4n) is 3.70. The number of nitrogens with two attached hydrogens (primary N) is 2. The first kappa shape index (κ1) is 18.3. The molecule has 4 rings (SSSR count). The maximum absolute atomic E-state index is 12.7. The molecule has 2 aromatic rings. The lowest BCUT2D eigenvalue weighted by Crippen LogP contribution is -2.49. The van der Waals surface area contributed by atoms with Gasteiger partial charge in [-0.25, -0.2) is 0 Å². The molecule has 28 heavy (non-hydrogen) atoms. The third kappa shape index (κ3) is 3.29. The molecule has 0 spiro atoms. The maximum Gasteiger partial charge on any atom is 0.260 e. The molecule has 0 saturated carbocycles. The number of amides is 3. The first-order chi connectivity index (χ1) is 13.4. The van der Waals surface area contributed by atoms with Crippen LogP contribution in [0.4, 0.5) is 10.7 Å². The molecule has 3 amide bonds. The van der Waals surface area contributed by atoms with E-state index in [0.717, 1.165) is 29.7 Å². The van der Waals surface area contributed by atoms with Crippen LogP contribution >= 0.6 is 11.3 Å². The Morgan fingerprint density at radius 2 is 2.00 bits per heavy atom. The second-order valence-corrected chi connectivity index (χ2v) is 7.94. The monoisotopic (exact) mass is 400 g/mol. The summed E-state index contributed by atoms with van der Waals surface area (Å²) in [6, 6.07) is 7.15. The minimum absolute atomic E-state index is 0.00901. The minimum atomic E-state index is -0.839. The minimum Gasteiger partial charge on any atom is -0.477 e. The lowest BCUT2D eigenvalue weighted by atomic mass is 10.1. The second kappa shape index (κ2) is 7.16. The summed E-state index contributed by atoms with van der Waals surface area (Å²) in [6.45, 7) is 0.161. The fraction of sp³-hybridized carbons (Fsp3) is 0.316. The van der Waals surface area contributed by atoms with Crippen molar-refractivity contribution in [3.63, 3.8) is 0 Å². The molecule has 1 atom stereocenters. The molecule has 1 unspecified atom stereocenters. The lowest BCUT2D eigenvalue weighted by Gasteiger charge is -2.34. The molecular formula is C19H20N4O4S. The number of carbonyl (C=O) groups excluding carboxylic acids is 3. The number of benzene rings is 1. The Bertz CT molecular complexity index is 971. The molecule has 5 N–H and O–H groups in total. The zero-order valence-electron chi connectivity index (χ0n) is 15.1. The summed E-state index contributed by atoms with van der Waals surface area (Å²) >= 11 is 1.41. The molecule has 8 nitrogen and oxygen atoms in total. The Morgan fingerprint density at radius 3 is 2.75 bits per heavy atom. The van der Waals surface area contributed by atoms with Crippen LogP contribution in [0.3, 0.4) is 0 Å². The van der Waals surface area contributed by atoms with Gasteiger partial charge in [0.05, 0.1) is 24.3 Å². The van der Waals surface area contributed by atoms with Gasteiger partial charge in [-0.2, -0.15) is 0 Å². The number of nitrogens with one attached hydrogen (secondary N) is 1. The maximum atomic E-state index is 12.7. The summed E-state index contributed by atoms with van der Waals surface area (Å²) in [5.41, 5.74) is 13.0. The average molecular weight is 400 g/mol. The van der Waals surface area contributed by atoms with Crippen molar-refractivity contribution >= 4 is 39.7 Å². The molecule has 0 bridgehead atoms. The van der Waals surface area contributed by atoms with Crippen LogP contribution in [0.1, 0.15) is 27.2 Å². The van der Waals surface area contributed by atoms with Crippen LogP contribution in [0.15, 0.2) is 24.3 Å². The molecule has 1 aromatic carbocycles. The van der Waals surface area contributed by atoms with Crippen LogP contribution in [0.2, 0.25) is 0 Å². The van der Waals surface area contributed by atoms with E-state index >= 15 is 0 Å². The number of nitrogens with zero attached hydrogens (tertiary/aromatic N) is 1. The zero-order chi connectivity index (χ0) is 19.8. The Hall–Kier alpha value is -3.07. The smallest absolute Gasteiger partial charge is 0.260 e. The van der Waals surface area contributed by atoms with E-state index in [1.165, 1.54) is 11.3 Å². The summed E-state index contributed by atoms with van der Waals surface area (Å²) in [5, 5.41) is 3.32. The van der Waals surface area contributed by atoms with Gasteiger partial charge in [0, 0.05) is 4.88 Å². The fourth-order valence-corrected chi connectivity index (χ4v) is 5.01. The largest absolute Gasteiger partial charge is 0.477 e. The van der Waals surface area contributed by atoms with Crippen LogP contribution in [0, 0.1) is 0 Å². The molecule has 1 aromatic heterocycles. The van der Waals surface area contributed by atoms with Crippen molar-refractivity contribution in [2.75, 3.05) is 23.3 Å². The number of rotatable bonds is 5. The molecule has 1 aliphatic carbocycles. The van der Waals surface area contributed by atoms with Gasteiger partial charge < -0.3 is 26.4 Å². The third-order valence-electron chi connectivity index (χ3n) is 4.93. The summed E-state index contributed by atoms with van der Waals surface area (Å²) in [4.78, 5) is 39.1. The van der Waals surface area contributed by atoms with E-state index < -0.39 is 17.9 Å². The highest BCUT2D eigenvalue weighted by molar-refractivity contribution is 7.17. The number of aryl methyl sites for hydroxylation is 1. The standard InChI is InChI=1S/C19H20N4O4S/c20-17(25)13-8-23(11-5-1-2-6-12(11)27-13)9-15(24)22-19-16(18(21)26)10-4-3-7-14(10)28-19/h1-2,5-6,13H,3-4,7-9H2,(H2,20,25)(H2,21,26)(H,22,24). The normalized spacial score (nSPS) is 17.4. The number of anilines is 2. The highest BCUT2D eigenvalue weighted by Crippen LogP contribution is 2.39. The predicted molar refractivity (Wildman–Crippen MR) is 106 cm³/mol. The summed E-state index contributed by atoms with van der Waals surface area (Å²) in [6.07, 6.45) is 1.86. The van der Waals surface area contributed by atoms with Gasteiger partial charge in [-0.1, -0.05) is 12.1 Å². The third-order valence-corrected chi connectivity index (χ3v) is 6.14. The van der Waals surface area contributed by atoms with Crippen LogP contribution in [-0.4, -0.2) is 36.9 Å². The van der Waals surface area contributed by atoms with Crippen molar-refractivity contribution in [3.8, 4) is 5.75 Å². The number of hydrogen-bond donors (Lipinski definition) is 3. The molecule has 0 saturated heterocycles. The molecule has 0 fully saturated rings. The highest BCUT2D eigenvalue weighted by Gasteiger charge is 2.31. The van der Waals surface area contributed by atoms with Gasteiger partial charge in [0.2, 0.25) is 5.91 Å². The number of primary amides is 2. The first-order valence-corrected chi connectivity index (χ1v) is 9.80. The van der Waals surface area contributed by atoms with Gasteiger partial charge in [0.15, 0.2) is 6.10 Å². The van der Waals surface area contributed by atoms with Crippen molar-refractivity contribution in [2.45, 2.75) is 25.4 Å². The summed E-state index contributed by atoms with van der Waals surface area (Å²) in [7, 11) is 0. The molecule has 2 heterocycles. The van der Waals surface area contributed by atoms with E-state index in [9.17, 15) is 14.4 Å². The van der Waals surface area contributed by atoms with Crippen molar-refractivity contribution in [2.24, 2.45) is 11.5 Å². The lowest BCUT2D eigenvalue weighted by molar-refractivity contribution is -0.125. The van der Waals surface area contributed by atoms with Crippen LogP contribution in [-0.2, 0) is 22.4 Å². The Kier molecular flexibility index (Phi) is 4.68. The van der Waals surface area contributed by atoms with Crippen molar-refractivity contribution < 1.29 is 19.1 Å². The number of carbonyl (C=O) groups is 3. The zero-order valence-corrected chi connectivity index (χ0v) is 15.9. The Morgan fingerprint density at radius 1 is 1.21 bits per heavy atom. The quantitative estimate of drug-likeness (QED) is 0.691. The van der Waals surface area contributed by atoms with Gasteiger partial charge >= 0.3 is 0 Å². The van der Waals surface area contributed by atoms with Crippen molar-refractivity contribution in [1.82, 2.24) is 0 Å². The van der Waals surface area contributed by atoms with Gasteiger partial charge in [-0.3, -0.25) is 14.4 Å². The van der Waals surface area contributed by atoms with E-state index in [2.05, 4.69) is 5.32 Å². The average Bonchev–Trinajstić information content (AvgIpc) is 3.21. The van der Waals surface area contributed by atoms with Gasteiger partial charge in [0.25, 0.3) is 11.8 Å². The molecular weight excluding hydrogens is 380 g/mol. The number of hydrogen-bond acceptors (Lipinski definition) is 6.